The molecule has 1 aliphatic carbocycles. The Morgan fingerprint density at radius 2 is 1.94 bits per heavy atom. The minimum atomic E-state index is -0.402. The van der Waals surface area contributed by atoms with Crippen LogP contribution in [0.2, 0.25) is 0 Å². The number of hydrogen-bond acceptors (Lipinski definition) is 6. The average molecular weight is 422 g/mol. The van der Waals surface area contributed by atoms with Gasteiger partial charge in [0.15, 0.2) is 0 Å². The largest absolute Gasteiger partial charge is 0.493 e. The summed E-state index contributed by atoms with van der Waals surface area (Å²) in [5.41, 5.74) is 1.99. The summed E-state index contributed by atoms with van der Waals surface area (Å²) in [6, 6.07) is 17.1. The van der Waals surface area contributed by atoms with E-state index in [-0.39, 0.29) is 42.9 Å². The van der Waals surface area contributed by atoms with Gasteiger partial charge in [0.25, 0.3) is 0 Å². The van der Waals surface area contributed by atoms with Crippen molar-refractivity contribution in [3.8, 4) is 5.75 Å². The standard InChI is InChI=1S/C25H26O6/c1-17-6-5-9-20(12-17)31-23-15-29-22-13-19(10-11-21(22)25(23)27)28-16-24(26)30-14-18-7-3-2-4-8-18/h2-9,12,15,19,21-22H,10-11,13-14,16H2,1H3. The third kappa shape index (κ3) is 5.52. The van der Waals surface area contributed by atoms with Crippen molar-refractivity contribution in [3.63, 3.8) is 0 Å². The van der Waals surface area contributed by atoms with Crippen molar-refractivity contribution in [1.29, 1.82) is 0 Å². The summed E-state index contributed by atoms with van der Waals surface area (Å²) >= 11 is 0. The number of aryl methyl sites for hydroxylation is 1. The number of hydrogen-bond donors (Lipinski definition) is 0. The minimum Gasteiger partial charge on any atom is -0.493 e. The van der Waals surface area contributed by atoms with Gasteiger partial charge in [-0.2, -0.15) is 0 Å². The highest BCUT2D eigenvalue weighted by Gasteiger charge is 2.41. The predicted octanol–water partition coefficient (Wildman–Crippen LogP) is 4.11. The van der Waals surface area contributed by atoms with E-state index in [1.807, 2.05) is 61.5 Å². The van der Waals surface area contributed by atoms with E-state index in [1.54, 1.807) is 0 Å². The number of ether oxygens (including phenoxy) is 4. The first-order valence-corrected chi connectivity index (χ1v) is 10.5. The van der Waals surface area contributed by atoms with E-state index in [4.69, 9.17) is 18.9 Å². The summed E-state index contributed by atoms with van der Waals surface area (Å²) < 4.78 is 22.5. The third-order valence-corrected chi connectivity index (χ3v) is 5.57. The van der Waals surface area contributed by atoms with Gasteiger partial charge < -0.3 is 18.9 Å². The number of allylic oxidation sites excluding steroid dienone is 1. The number of Topliss-reactive ketones (excluding diaryl/α,β-unsaturated/α-hetero) is 1. The molecule has 162 valence electrons. The number of benzene rings is 2. The fourth-order valence-corrected chi connectivity index (χ4v) is 3.93. The summed E-state index contributed by atoms with van der Waals surface area (Å²) in [6.45, 7) is 2.08. The molecule has 0 saturated heterocycles. The van der Waals surface area contributed by atoms with Crippen LogP contribution in [-0.2, 0) is 30.4 Å². The number of esters is 1. The second-order valence-electron chi connectivity index (χ2n) is 7.94. The van der Waals surface area contributed by atoms with Crippen molar-refractivity contribution < 1.29 is 28.5 Å². The minimum absolute atomic E-state index is 0.0431. The lowest BCUT2D eigenvalue weighted by Gasteiger charge is -2.36. The third-order valence-electron chi connectivity index (χ3n) is 5.57. The first-order chi connectivity index (χ1) is 15.1. The lowest BCUT2D eigenvalue weighted by Crippen LogP contribution is -2.42. The Kier molecular flexibility index (Phi) is 6.67. The van der Waals surface area contributed by atoms with Crippen molar-refractivity contribution in [3.05, 3.63) is 77.7 Å². The van der Waals surface area contributed by atoms with Gasteiger partial charge in [-0.25, -0.2) is 4.79 Å². The molecule has 2 aromatic rings. The van der Waals surface area contributed by atoms with Crippen molar-refractivity contribution in [2.45, 2.75) is 45.0 Å². The zero-order valence-electron chi connectivity index (χ0n) is 17.5. The first-order valence-electron chi connectivity index (χ1n) is 10.5. The van der Waals surface area contributed by atoms with Crippen LogP contribution >= 0.6 is 0 Å². The van der Waals surface area contributed by atoms with Crippen molar-refractivity contribution >= 4 is 11.8 Å². The van der Waals surface area contributed by atoms with Crippen LogP contribution in [0.3, 0.4) is 0 Å². The van der Waals surface area contributed by atoms with E-state index in [0.717, 1.165) is 11.1 Å². The topological polar surface area (TPSA) is 71.1 Å². The highest BCUT2D eigenvalue weighted by atomic mass is 16.6. The van der Waals surface area contributed by atoms with Gasteiger partial charge in [-0.1, -0.05) is 42.5 Å². The summed E-state index contributed by atoms with van der Waals surface area (Å²) in [4.78, 5) is 24.8. The molecule has 0 bridgehead atoms. The normalized spacial score (nSPS) is 22.7. The Bertz CT molecular complexity index is 951. The van der Waals surface area contributed by atoms with Crippen LogP contribution in [0.4, 0.5) is 0 Å². The lowest BCUT2D eigenvalue weighted by atomic mass is 9.80. The summed E-state index contributed by atoms with van der Waals surface area (Å²) in [5.74, 6) is 0.150. The molecule has 0 radical (unpaired) electrons. The fraction of sp³-hybridized carbons (Fsp3) is 0.360. The maximum absolute atomic E-state index is 12.9. The Labute approximate surface area is 181 Å². The average Bonchev–Trinajstić information content (AvgIpc) is 2.79. The molecule has 0 aromatic heterocycles. The summed E-state index contributed by atoms with van der Waals surface area (Å²) in [6.07, 6.45) is 2.85. The molecule has 3 unspecified atom stereocenters. The van der Waals surface area contributed by atoms with Crippen molar-refractivity contribution in [2.24, 2.45) is 5.92 Å². The Hall–Kier alpha value is -3.12. The molecular weight excluding hydrogens is 396 g/mol. The molecule has 31 heavy (non-hydrogen) atoms. The molecule has 2 aliphatic rings. The first kappa shape index (κ1) is 21.1. The van der Waals surface area contributed by atoms with E-state index < -0.39 is 5.97 Å². The van der Waals surface area contributed by atoms with E-state index in [1.165, 1.54) is 6.26 Å². The van der Waals surface area contributed by atoms with Crippen LogP contribution in [-0.4, -0.2) is 30.6 Å². The van der Waals surface area contributed by atoms with Gasteiger partial charge in [0, 0.05) is 6.42 Å². The number of carbonyl (C=O) groups excluding carboxylic acids is 2. The SMILES string of the molecule is Cc1cccc(OC2=COC3CC(OCC(=O)OCc4ccccc4)CCC3C2=O)c1. The molecule has 3 atom stereocenters. The maximum atomic E-state index is 12.9. The summed E-state index contributed by atoms with van der Waals surface area (Å²) in [7, 11) is 0. The number of fused-ring (bicyclic) bond motifs is 1. The zero-order chi connectivity index (χ0) is 21.6. The van der Waals surface area contributed by atoms with Gasteiger partial charge >= 0.3 is 5.97 Å². The van der Waals surface area contributed by atoms with E-state index in [2.05, 4.69) is 0 Å². The Balaban J connectivity index is 1.25. The lowest BCUT2D eigenvalue weighted by molar-refractivity contribution is -0.156. The molecule has 1 aliphatic heterocycles. The maximum Gasteiger partial charge on any atom is 0.332 e. The zero-order valence-corrected chi connectivity index (χ0v) is 17.5. The van der Waals surface area contributed by atoms with E-state index in [0.29, 0.717) is 25.0 Å². The van der Waals surface area contributed by atoms with Gasteiger partial charge in [0.1, 0.15) is 31.3 Å². The van der Waals surface area contributed by atoms with Crippen LogP contribution in [0, 0.1) is 12.8 Å². The highest BCUT2D eigenvalue weighted by Crippen LogP contribution is 2.35. The molecule has 2 aromatic carbocycles. The fourth-order valence-electron chi connectivity index (χ4n) is 3.93. The Morgan fingerprint density at radius 1 is 1.10 bits per heavy atom. The molecule has 0 amide bonds. The second-order valence-corrected chi connectivity index (χ2v) is 7.94. The van der Waals surface area contributed by atoms with E-state index in [9.17, 15) is 9.59 Å². The van der Waals surface area contributed by atoms with Crippen LogP contribution in [0.25, 0.3) is 0 Å². The van der Waals surface area contributed by atoms with Crippen molar-refractivity contribution in [2.75, 3.05) is 6.61 Å². The van der Waals surface area contributed by atoms with Crippen LogP contribution in [0.5, 0.6) is 5.75 Å². The van der Waals surface area contributed by atoms with Gasteiger partial charge in [-0.05, 0) is 43.0 Å². The Morgan fingerprint density at radius 3 is 2.74 bits per heavy atom. The molecule has 1 fully saturated rings. The number of rotatable bonds is 7. The van der Waals surface area contributed by atoms with Gasteiger partial charge in [0.2, 0.25) is 11.5 Å². The monoisotopic (exact) mass is 422 g/mol. The van der Waals surface area contributed by atoms with Gasteiger partial charge in [0.05, 0.1) is 12.0 Å². The molecular formula is C25H26O6. The number of carbonyl (C=O) groups is 2. The highest BCUT2D eigenvalue weighted by molar-refractivity contribution is 5.96. The predicted molar refractivity (Wildman–Crippen MR) is 113 cm³/mol. The molecule has 6 nitrogen and oxygen atoms in total. The van der Waals surface area contributed by atoms with Gasteiger partial charge in [-0.15, -0.1) is 0 Å². The quantitative estimate of drug-likeness (QED) is 0.626. The molecule has 6 heteroatoms. The molecule has 0 spiro atoms. The van der Waals surface area contributed by atoms with E-state index >= 15 is 0 Å². The smallest absolute Gasteiger partial charge is 0.332 e. The molecule has 4 rings (SSSR count). The van der Waals surface area contributed by atoms with Crippen molar-refractivity contribution in [1.82, 2.24) is 0 Å². The second kappa shape index (κ2) is 9.79. The summed E-state index contributed by atoms with van der Waals surface area (Å²) in [5, 5.41) is 0. The van der Waals surface area contributed by atoms with Crippen LogP contribution in [0.15, 0.2) is 66.6 Å². The van der Waals surface area contributed by atoms with Gasteiger partial charge in [-0.3, -0.25) is 4.79 Å². The number of ketones is 1. The molecule has 0 N–H and O–H groups in total. The molecule has 1 heterocycles. The molecule has 1 saturated carbocycles. The van der Waals surface area contributed by atoms with Crippen LogP contribution < -0.4 is 4.74 Å². The van der Waals surface area contributed by atoms with Crippen LogP contribution in [0.1, 0.15) is 30.4 Å².